The number of fused-ring (bicyclic) bond motifs is 3. The molecule has 4 N–H and O–H groups in total. The lowest BCUT2D eigenvalue weighted by Gasteiger charge is -2.52. The highest BCUT2D eigenvalue weighted by atomic mass is 16.5. The number of hydrogen-bond donors (Lipinski definition) is 4. The molecule has 10 atom stereocenters. The van der Waals surface area contributed by atoms with Gasteiger partial charge in [-0.1, -0.05) is 73.5 Å². The topological polar surface area (TPSA) is 124 Å². The number of carbonyl (C=O) groups is 2. The number of aliphatic hydroxyl groups is 4. The molecular formula is C33H52O7. The zero-order valence-corrected chi connectivity index (χ0v) is 25.7. The number of Topliss-reactive ketones (excluding diaryl/α,β-unsaturated/α-hetero) is 1. The molecule has 0 aliphatic heterocycles. The Morgan fingerprint density at radius 3 is 2.35 bits per heavy atom. The third-order valence-electron chi connectivity index (χ3n) is 11.8. The fourth-order valence-electron chi connectivity index (χ4n) is 9.05. The van der Waals surface area contributed by atoms with Crippen LogP contribution in [-0.4, -0.2) is 62.7 Å². The summed E-state index contributed by atoms with van der Waals surface area (Å²) in [7, 11) is 0. The Hall–Kier alpha value is -1.54. The van der Waals surface area contributed by atoms with Crippen LogP contribution in [0, 0.1) is 45.8 Å². The first-order chi connectivity index (χ1) is 18.5. The zero-order chi connectivity index (χ0) is 30.0. The number of esters is 1. The molecule has 2 bridgehead atoms. The molecule has 4 rings (SSSR count). The lowest BCUT2D eigenvalue weighted by atomic mass is 9.57. The Morgan fingerprint density at radius 2 is 1.75 bits per heavy atom. The average Bonchev–Trinajstić information content (AvgIpc) is 3.29. The number of unbranched alkanes of at least 4 members (excludes halogenated alkanes) is 2. The number of carbonyl (C=O) groups excluding carboxylic acids is 2. The van der Waals surface area contributed by atoms with Crippen LogP contribution in [0.3, 0.4) is 0 Å². The number of aliphatic hydroxyl groups excluding tert-OH is 3. The summed E-state index contributed by atoms with van der Waals surface area (Å²) in [5, 5.41) is 47.8. The van der Waals surface area contributed by atoms with Gasteiger partial charge in [-0.05, 0) is 59.5 Å². The molecule has 0 aromatic rings. The number of ketones is 1. The van der Waals surface area contributed by atoms with Crippen molar-refractivity contribution < 1.29 is 34.8 Å². The molecule has 226 valence electrons. The predicted octanol–water partition coefficient (Wildman–Crippen LogP) is 4.36. The quantitative estimate of drug-likeness (QED) is 0.178. The molecule has 0 radical (unpaired) electrons. The van der Waals surface area contributed by atoms with Gasteiger partial charge >= 0.3 is 5.97 Å². The first-order valence-corrected chi connectivity index (χ1v) is 15.4. The standard InChI is InChI=1S/C33H52O7/c1-9-10-11-12-23(34)16-31-15-20(5)32-14-19(4)26(35)33(32,39)27(36)22(17-40-29(38)21(6)18(2)3)13-24(28(32)37)25(31)30(31,7)8/h13-14,18,20-21,24-28,35-37,39H,9-12,15-17H2,1-8H3/t20-,21?,24+,25-,26+,27-,28?,31?,32+,33-/m1/s1. The highest BCUT2D eigenvalue weighted by Gasteiger charge is 2.80. The molecule has 2 saturated carbocycles. The Kier molecular flexibility index (Phi) is 8.34. The molecule has 2 fully saturated rings. The van der Waals surface area contributed by atoms with E-state index >= 15 is 0 Å². The van der Waals surface area contributed by atoms with Gasteiger partial charge in [0, 0.05) is 18.8 Å². The Labute approximate surface area is 240 Å². The summed E-state index contributed by atoms with van der Waals surface area (Å²) in [6, 6.07) is 0. The van der Waals surface area contributed by atoms with Gasteiger partial charge in [-0.3, -0.25) is 9.59 Å². The second kappa shape index (κ2) is 10.6. The van der Waals surface area contributed by atoms with Crippen molar-refractivity contribution in [2.45, 2.75) is 118 Å². The molecule has 4 aliphatic carbocycles. The van der Waals surface area contributed by atoms with Crippen LogP contribution in [-0.2, 0) is 14.3 Å². The Balaban J connectivity index is 1.80. The average molecular weight is 561 g/mol. The van der Waals surface area contributed by atoms with E-state index in [1.165, 1.54) is 0 Å². The summed E-state index contributed by atoms with van der Waals surface area (Å²) >= 11 is 0. The van der Waals surface area contributed by atoms with Crippen molar-refractivity contribution in [2.75, 3.05) is 6.61 Å². The first kappa shape index (κ1) is 31.4. The van der Waals surface area contributed by atoms with E-state index in [0.717, 1.165) is 19.3 Å². The number of hydrogen-bond acceptors (Lipinski definition) is 7. The van der Waals surface area contributed by atoms with E-state index in [1.807, 2.05) is 20.8 Å². The largest absolute Gasteiger partial charge is 0.461 e. The summed E-state index contributed by atoms with van der Waals surface area (Å²) in [4.78, 5) is 26.1. The summed E-state index contributed by atoms with van der Waals surface area (Å²) in [6.45, 7) is 15.5. The maximum Gasteiger partial charge on any atom is 0.309 e. The van der Waals surface area contributed by atoms with Crippen LogP contribution in [0.25, 0.3) is 0 Å². The van der Waals surface area contributed by atoms with E-state index in [4.69, 9.17) is 4.74 Å². The first-order valence-electron chi connectivity index (χ1n) is 15.4. The molecule has 0 heterocycles. The minimum Gasteiger partial charge on any atom is -0.461 e. The van der Waals surface area contributed by atoms with Gasteiger partial charge in [0.1, 0.15) is 30.2 Å². The van der Waals surface area contributed by atoms with Gasteiger partial charge in [-0.25, -0.2) is 0 Å². The van der Waals surface area contributed by atoms with E-state index in [-0.39, 0.29) is 46.9 Å². The molecule has 4 aliphatic rings. The second-order valence-electron chi connectivity index (χ2n) is 14.5. The molecule has 0 saturated heterocycles. The predicted molar refractivity (Wildman–Crippen MR) is 153 cm³/mol. The number of rotatable bonds is 10. The molecule has 3 unspecified atom stereocenters. The van der Waals surface area contributed by atoms with Crippen LogP contribution >= 0.6 is 0 Å². The van der Waals surface area contributed by atoms with Gasteiger partial charge < -0.3 is 25.2 Å². The van der Waals surface area contributed by atoms with Crippen LogP contribution in [0.1, 0.15) is 93.9 Å². The molecule has 40 heavy (non-hydrogen) atoms. The van der Waals surface area contributed by atoms with Crippen LogP contribution in [0.15, 0.2) is 23.3 Å². The second-order valence-corrected chi connectivity index (χ2v) is 14.5. The third-order valence-corrected chi connectivity index (χ3v) is 11.8. The van der Waals surface area contributed by atoms with Crippen molar-refractivity contribution in [2.24, 2.45) is 45.8 Å². The molecule has 1 spiro atoms. The molecule has 0 amide bonds. The maximum absolute atomic E-state index is 13.3. The summed E-state index contributed by atoms with van der Waals surface area (Å²) in [6.07, 6.45) is 3.98. The van der Waals surface area contributed by atoms with Gasteiger partial charge in [0.25, 0.3) is 0 Å². The minimum absolute atomic E-state index is 0.0737. The van der Waals surface area contributed by atoms with Crippen molar-refractivity contribution in [3.05, 3.63) is 23.3 Å². The van der Waals surface area contributed by atoms with Gasteiger partial charge in [-0.2, -0.15) is 0 Å². The van der Waals surface area contributed by atoms with Crippen LogP contribution in [0.4, 0.5) is 0 Å². The van der Waals surface area contributed by atoms with Crippen molar-refractivity contribution >= 4 is 11.8 Å². The van der Waals surface area contributed by atoms with Gasteiger partial charge in [0.05, 0.1) is 17.4 Å². The highest BCUT2D eigenvalue weighted by molar-refractivity contribution is 5.80. The van der Waals surface area contributed by atoms with Gasteiger partial charge in [0.15, 0.2) is 0 Å². The SMILES string of the molecule is CCCCCC(=O)CC12C[C@@H](C)[C@]34C=C(C)[C@H](O)[C@@]3(O)[C@H](O)C(COC(=O)C(C)C(C)C)=C[C@H](C4O)[C@@H]1C2(C)C. The van der Waals surface area contributed by atoms with Crippen LogP contribution in [0.5, 0.6) is 0 Å². The summed E-state index contributed by atoms with van der Waals surface area (Å²) < 4.78 is 5.66. The summed E-state index contributed by atoms with van der Waals surface area (Å²) in [5.41, 5.74) is -3.30. The van der Waals surface area contributed by atoms with E-state index in [2.05, 4.69) is 20.8 Å². The normalized spacial score (nSPS) is 42.1. The molecular weight excluding hydrogens is 508 g/mol. The monoisotopic (exact) mass is 560 g/mol. The highest BCUT2D eigenvalue weighted by Crippen LogP contribution is 2.80. The number of ether oxygens (including phenoxy) is 1. The lowest BCUT2D eigenvalue weighted by Crippen LogP contribution is -2.66. The van der Waals surface area contributed by atoms with Crippen LogP contribution in [0.2, 0.25) is 0 Å². The zero-order valence-electron chi connectivity index (χ0n) is 25.7. The van der Waals surface area contributed by atoms with E-state index in [9.17, 15) is 30.0 Å². The van der Waals surface area contributed by atoms with E-state index in [1.54, 1.807) is 26.0 Å². The van der Waals surface area contributed by atoms with Crippen molar-refractivity contribution in [3.63, 3.8) is 0 Å². The van der Waals surface area contributed by atoms with Crippen molar-refractivity contribution in [3.8, 4) is 0 Å². The molecule has 7 nitrogen and oxygen atoms in total. The van der Waals surface area contributed by atoms with E-state index in [0.29, 0.717) is 30.4 Å². The van der Waals surface area contributed by atoms with E-state index < -0.39 is 41.2 Å². The fraction of sp³-hybridized carbons (Fsp3) is 0.818. The van der Waals surface area contributed by atoms with Gasteiger partial charge in [-0.15, -0.1) is 0 Å². The molecule has 0 aromatic heterocycles. The Morgan fingerprint density at radius 1 is 1.10 bits per heavy atom. The maximum atomic E-state index is 13.3. The molecule has 0 aromatic carbocycles. The third kappa shape index (κ3) is 4.28. The van der Waals surface area contributed by atoms with Crippen molar-refractivity contribution in [1.29, 1.82) is 0 Å². The lowest BCUT2D eigenvalue weighted by molar-refractivity contribution is -0.216. The minimum atomic E-state index is -2.11. The molecule has 7 heteroatoms. The van der Waals surface area contributed by atoms with Gasteiger partial charge in [0.2, 0.25) is 0 Å². The Bertz CT molecular complexity index is 1070. The smallest absolute Gasteiger partial charge is 0.309 e. The summed E-state index contributed by atoms with van der Waals surface area (Å²) in [5.74, 6) is -1.37. The van der Waals surface area contributed by atoms with Crippen LogP contribution < -0.4 is 0 Å². The van der Waals surface area contributed by atoms with Crippen molar-refractivity contribution in [1.82, 2.24) is 0 Å². The fourth-order valence-corrected chi connectivity index (χ4v) is 9.05.